The fraction of sp³-hybridized carbons (Fsp3) is 0.263. The van der Waals surface area contributed by atoms with Gasteiger partial charge in [0.1, 0.15) is 11.4 Å². The minimum Gasteiger partial charge on any atom is -0.496 e. The molecule has 0 unspecified atom stereocenters. The normalized spacial score (nSPS) is 11.2. The molecule has 0 bridgehead atoms. The number of esters is 1. The second-order valence-corrected chi connectivity index (χ2v) is 5.82. The minimum absolute atomic E-state index is 0.0184. The Hall–Kier alpha value is -3.62. The number of rotatable bonds is 8. The van der Waals surface area contributed by atoms with Crippen molar-refractivity contribution in [1.82, 2.24) is 5.32 Å². The van der Waals surface area contributed by atoms with Crippen LogP contribution < -0.4 is 15.4 Å². The lowest BCUT2D eigenvalue weighted by Crippen LogP contribution is -2.35. The Bertz CT molecular complexity index is 884. The van der Waals surface area contributed by atoms with Gasteiger partial charge in [-0.3, -0.25) is 14.9 Å². The summed E-state index contributed by atoms with van der Waals surface area (Å²) >= 11 is 0. The number of hydrogen-bond acceptors (Lipinski definition) is 7. The van der Waals surface area contributed by atoms with Crippen molar-refractivity contribution in [1.29, 1.82) is 0 Å². The van der Waals surface area contributed by atoms with Crippen molar-refractivity contribution in [3.8, 4) is 5.75 Å². The van der Waals surface area contributed by atoms with Crippen molar-refractivity contribution >= 4 is 23.3 Å². The fourth-order valence-corrected chi connectivity index (χ4v) is 2.48. The first-order valence-corrected chi connectivity index (χ1v) is 8.44. The topological polar surface area (TPSA) is 120 Å². The van der Waals surface area contributed by atoms with Crippen LogP contribution >= 0.6 is 0 Å². The molecule has 0 fully saturated rings. The fourth-order valence-electron chi connectivity index (χ4n) is 2.48. The van der Waals surface area contributed by atoms with Crippen molar-refractivity contribution in [2.24, 2.45) is 0 Å². The van der Waals surface area contributed by atoms with Gasteiger partial charge >= 0.3 is 5.97 Å². The molecule has 0 heterocycles. The molecule has 2 aromatic rings. The molecule has 148 valence electrons. The van der Waals surface area contributed by atoms with Gasteiger partial charge in [0.2, 0.25) is 0 Å². The van der Waals surface area contributed by atoms with Crippen LogP contribution in [0.2, 0.25) is 0 Å². The number of nitrogens with zero attached hydrogens (tertiary/aromatic N) is 1. The zero-order valence-electron chi connectivity index (χ0n) is 15.7. The molecule has 1 amide bonds. The summed E-state index contributed by atoms with van der Waals surface area (Å²) in [5, 5.41) is 16.4. The summed E-state index contributed by atoms with van der Waals surface area (Å²) in [5.74, 6) is -0.698. The number of amides is 1. The average Bonchev–Trinajstić information content (AvgIpc) is 2.71. The van der Waals surface area contributed by atoms with E-state index >= 15 is 0 Å². The van der Waals surface area contributed by atoms with Crippen LogP contribution in [0.25, 0.3) is 0 Å². The van der Waals surface area contributed by atoms with E-state index in [0.717, 1.165) is 11.6 Å². The van der Waals surface area contributed by atoms with E-state index in [4.69, 9.17) is 9.47 Å². The van der Waals surface area contributed by atoms with E-state index in [1.807, 2.05) is 12.1 Å². The Kier molecular flexibility index (Phi) is 6.91. The molecule has 0 saturated carbocycles. The number of hydrogen-bond donors (Lipinski definition) is 2. The summed E-state index contributed by atoms with van der Waals surface area (Å²) in [7, 11) is 3.07. The maximum Gasteiger partial charge on any atom is 0.339 e. The van der Waals surface area contributed by atoms with Gasteiger partial charge in [0.05, 0.1) is 17.6 Å². The monoisotopic (exact) mass is 387 g/mol. The van der Waals surface area contributed by atoms with E-state index in [9.17, 15) is 19.7 Å². The van der Waals surface area contributed by atoms with Gasteiger partial charge in [0, 0.05) is 25.2 Å². The molecule has 0 aliphatic carbocycles. The molecule has 1 atom stereocenters. The van der Waals surface area contributed by atoms with Gasteiger partial charge in [-0.2, -0.15) is 0 Å². The maximum absolute atomic E-state index is 12.2. The van der Waals surface area contributed by atoms with Crippen molar-refractivity contribution in [3.05, 3.63) is 63.7 Å². The molecule has 0 spiro atoms. The predicted octanol–water partition coefficient (Wildman–Crippen LogP) is 2.51. The lowest BCUT2D eigenvalue weighted by molar-refractivity contribution is -0.384. The summed E-state index contributed by atoms with van der Waals surface area (Å²) in [4.78, 5) is 34.9. The van der Waals surface area contributed by atoms with Crippen molar-refractivity contribution in [3.63, 3.8) is 0 Å². The Labute approximate surface area is 161 Å². The number of anilines is 1. The molecule has 0 aliphatic rings. The van der Waals surface area contributed by atoms with E-state index in [0.29, 0.717) is 5.75 Å². The third-order valence-corrected chi connectivity index (χ3v) is 4.00. The summed E-state index contributed by atoms with van der Waals surface area (Å²) in [6.45, 7) is 1.62. The van der Waals surface area contributed by atoms with Crippen molar-refractivity contribution in [2.75, 3.05) is 19.5 Å². The molecule has 0 aromatic heterocycles. The van der Waals surface area contributed by atoms with Gasteiger partial charge < -0.3 is 20.1 Å². The SMILES string of the molecule is CNc1ccc(C(=O)O[C@H](C)C(=O)NCc2ccccc2OC)cc1[N+](=O)[O-]. The lowest BCUT2D eigenvalue weighted by atomic mass is 10.1. The molecule has 2 N–H and O–H groups in total. The largest absolute Gasteiger partial charge is 0.496 e. The van der Waals surface area contributed by atoms with Gasteiger partial charge in [0.15, 0.2) is 6.10 Å². The summed E-state index contributed by atoms with van der Waals surface area (Å²) < 4.78 is 10.3. The number of para-hydroxylation sites is 1. The van der Waals surface area contributed by atoms with Crippen LogP contribution in [0, 0.1) is 10.1 Å². The first kappa shape index (κ1) is 20.7. The van der Waals surface area contributed by atoms with Crippen LogP contribution in [0.15, 0.2) is 42.5 Å². The van der Waals surface area contributed by atoms with Gasteiger partial charge in [-0.1, -0.05) is 18.2 Å². The van der Waals surface area contributed by atoms with Crippen LogP contribution in [-0.4, -0.2) is 37.1 Å². The Morgan fingerprint density at radius 3 is 2.57 bits per heavy atom. The summed E-state index contributed by atoms with van der Waals surface area (Å²) in [6, 6.07) is 11.1. The molecule has 0 saturated heterocycles. The van der Waals surface area contributed by atoms with E-state index in [1.54, 1.807) is 12.1 Å². The molecule has 28 heavy (non-hydrogen) atoms. The highest BCUT2D eigenvalue weighted by Crippen LogP contribution is 2.25. The molecule has 0 radical (unpaired) electrons. The van der Waals surface area contributed by atoms with E-state index < -0.39 is 22.9 Å². The molecule has 9 nitrogen and oxygen atoms in total. The molecular weight excluding hydrogens is 366 g/mol. The second-order valence-electron chi connectivity index (χ2n) is 5.82. The minimum atomic E-state index is -1.08. The Morgan fingerprint density at radius 2 is 1.93 bits per heavy atom. The first-order chi connectivity index (χ1) is 13.4. The highest BCUT2D eigenvalue weighted by molar-refractivity contribution is 5.93. The number of nitro benzene ring substituents is 1. The number of nitrogens with one attached hydrogen (secondary N) is 2. The number of carbonyl (C=O) groups excluding carboxylic acids is 2. The quantitative estimate of drug-likeness (QED) is 0.406. The van der Waals surface area contributed by atoms with Gasteiger partial charge in [0.25, 0.3) is 11.6 Å². The molecule has 2 aromatic carbocycles. The summed E-state index contributed by atoms with van der Waals surface area (Å²) in [6.07, 6.45) is -1.08. The third-order valence-electron chi connectivity index (χ3n) is 4.00. The molecule has 0 aliphatic heterocycles. The van der Waals surface area contributed by atoms with Crippen LogP contribution in [0.4, 0.5) is 11.4 Å². The number of methoxy groups -OCH3 is 1. The summed E-state index contributed by atoms with van der Waals surface area (Å²) in [5.41, 5.74) is 0.764. The maximum atomic E-state index is 12.2. The smallest absolute Gasteiger partial charge is 0.339 e. The van der Waals surface area contributed by atoms with Crippen molar-refractivity contribution in [2.45, 2.75) is 19.6 Å². The highest BCUT2D eigenvalue weighted by atomic mass is 16.6. The standard InChI is InChI=1S/C19H21N3O6/c1-12(18(23)21-11-14-6-4-5-7-17(14)27-3)28-19(24)13-8-9-15(20-2)16(10-13)22(25)26/h4-10,12,20H,11H2,1-3H3,(H,21,23)/t12-/m1/s1. The molecule has 9 heteroatoms. The third kappa shape index (κ3) is 4.97. The first-order valence-electron chi connectivity index (χ1n) is 8.44. The van der Waals surface area contributed by atoms with Gasteiger partial charge in [-0.15, -0.1) is 0 Å². The van der Waals surface area contributed by atoms with Crippen molar-refractivity contribution < 1.29 is 24.0 Å². The van der Waals surface area contributed by atoms with Gasteiger partial charge in [-0.25, -0.2) is 4.79 Å². The molecule has 2 rings (SSSR count). The van der Waals surface area contributed by atoms with E-state index in [-0.39, 0.29) is 23.5 Å². The average molecular weight is 387 g/mol. The van der Waals surface area contributed by atoms with Gasteiger partial charge in [-0.05, 0) is 25.1 Å². The number of nitro groups is 1. The second kappa shape index (κ2) is 9.36. The number of ether oxygens (including phenoxy) is 2. The molecular formula is C19H21N3O6. The lowest BCUT2D eigenvalue weighted by Gasteiger charge is -2.15. The number of carbonyl (C=O) groups is 2. The highest BCUT2D eigenvalue weighted by Gasteiger charge is 2.22. The van der Waals surface area contributed by atoms with E-state index in [2.05, 4.69) is 10.6 Å². The zero-order chi connectivity index (χ0) is 20.7. The predicted molar refractivity (Wildman–Crippen MR) is 102 cm³/mol. The number of benzene rings is 2. The Balaban J connectivity index is 2.00. The van der Waals surface area contributed by atoms with Crippen LogP contribution in [-0.2, 0) is 16.1 Å². The zero-order valence-corrected chi connectivity index (χ0v) is 15.7. The van der Waals surface area contributed by atoms with Crippen LogP contribution in [0.3, 0.4) is 0 Å². The van der Waals surface area contributed by atoms with Crippen LogP contribution in [0.5, 0.6) is 5.75 Å². The van der Waals surface area contributed by atoms with Crippen LogP contribution in [0.1, 0.15) is 22.8 Å². The Morgan fingerprint density at radius 1 is 1.21 bits per heavy atom. The van der Waals surface area contributed by atoms with E-state index in [1.165, 1.54) is 33.2 Å².